The molecule has 0 unspecified atom stereocenters. The number of nitrogens with zero attached hydrogens (tertiary/aromatic N) is 2. The van der Waals surface area contributed by atoms with Crippen molar-refractivity contribution in [2.24, 2.45) is 16.8 Å². The van der Waals surface area contributed by atoms with Gasteiger partial charge in [-0.25, -0.2) is 0 Å². The highest BCUT2D eigenvalue weighted by atomic mass is 32.2. The fourth-order valence-corrected chi connectivity index (χ4v) is 3.52. The molecule has 1 aliphatic heterocycles. The molecule has 0 aromatic heterocycles. The molecule has 0 aliphatic carbocycles. The summed E-state index contributed by atoms with van der Waals surface area (Å²) >= 11 is 0. The summed E-state index contributed by atoms with van der Waals surface area (Å²) in [5, 5.41) is 11.6. The van der Waals surface area contributed by atoms with E-state index in [1.807, 2.05) is 0 Å². The Labute approximate surface area is 108 Å². The van der Waals surface area contributed by atoms with Crippen LogP contribution in [-0.2, 0) is 10.2 Å². The normalized spacial score (nSPS) is 21.2. The van der Waals surface area contributed by atoms with E-state index < -0.39 is 15.7 Å². The first kappa shape index (κ1) is 15.2. The molecule has 0 bridgehead atoms. The Morgan fingerprint density at radius 1 is 1.39 bits per heavy atom. The minimum Gasteiger partial charge on any atom is -0.409 e. The number of nitrogens with two attached hydrogens (primary N) is 1. The molecule has 0 aromatic carbocycles. The summed E-state index contributed by atoms with van der Waals surface area (Å²) in [4.78, 5) is 0. The lowest BCUT2D eigenvalue weighted by molar-refractivity contribution is 0.287. The van der Waals surface area contributed by atoms with Crippen molar-refractivity contribution in [3.05, 3.63) is 0 Å². The fourth-order valence-electron chi connectivity index (χ4n) is 1.93. The van der Waals surface area contributed by atoms with Gasteiger partial charge in [0, 0.05) is 24.5 Å². The van der Waals surface area contributed by atoms with Crippen LogP contribution in [0.2, 0.25) is 0 Å². The summed E-state index contributed by atoms with van der Waals surface area (Å²) < 4.78 is 28.1. The third kappa shape index (κ3) is 4.11. The van der Waals surface area contributed by atoms with Crippen molar-refractivity contribution in [3.8, 4) is 0 Å². The van der Waals surface area contributed by atoms with E-state index in [1.54, 1.807) is 20.8 Å². The maximum Gasteiger partial charge on any atom is 0.279 e. The Bertz CT molecular complexity index is 405. The van der Waals surface area contributed by atoms with Gasteiger partial charge in [-0.15, -0.1) is 0 Å². The molecule has 0 radical (unpaired) electrons. The lowest BCUT2D eigenvalue weighted by atomic mass is 9.97. The van der Waals surface area contributed by atoms with Crippen LogP contribution in [0.5, 0.6) is 0 Å². The van der Waals surface area contributed by atoms with E-state index in [9.17, 15) is 8.42 Å². The fraction of sp³-hybridized carbons (Fsp3) is 0.900. The van der Waals surface area contributed by atoms with Crippen molar-refractivity contribution in [1.29, 1.82) is 0 Å². The first-order valence-corrected chi connectivity index (χ1v) is 7.36. The van der Waals surface area contributed by atoms with Gasteiger partial charge in [-0.3, -0.25) is 0 Å². The summed E-state index contributed by atoms with van der Waals surface area (Å²) in [7, 11) is -3.46. The van der Waals surface area contributed by atoms with Gasteiger partial charge in [-0.2, -0.15) is 17.4 Å². The number of oxime groups is 1. The van der Waals surface area contributed by atoms with E-state index in [4.69, 9.17) is 10.9 Å². The van der Waals surface area contributed by atoms with Gasteiger partial charge in [0.25, 0.3) is 10.2 Å². The standard InChI is InChI=1S/C10H22N4O3S/c1-10(2,3)13-18(16,17)14-6-4-8(5-7-14)9(11)12-15/h8,13,15H,4-7H2,1-3H3,(H2,11,12). The second-order valence-electron chi connectivity index (χ2n) is 5.56. The van der Waals surface area contributed by atoms with Crippen molar-refractivity contribution in [3.63, 3.8) is 0 Å². The van der Waals surface area contributed by atoms with Crippen LogP contribution in [-0.4, -0.2) is 42.4 Å². The lowest BCUT2D eigenvalue weighted by Gasteiger charge is -2.33. The van der Waals surface area contributed by atoms with Gasteiger partial charge >= 0.3 is 0 Å². The Kier molecular flexibility index (Phi) is 4.57. The van der Waals surface area contributed by atoms with Crippen molar-refractivity contribution in [1.82, 2.24) is 9.03 Å². The first-order chi connectivity index (χ1) is 8.15. The molecule has 1 heterocycles. The van der Waals surface area contributed by atoms with Crippen LogP contribution < -0.4 is 10.5 Å². The predicted octanol–water partition coefficient (Wildman–Crippen LogP) is 0.0777. The number of hydrogen-bond acceptors (Lipinski definition) is 4. The molecule has 1 saturated heterocycles. The number of rotatable bonds is 3. The molecule has 0 atom stereocenters. The summed E-state index contributed by atoms with van der Waals surface area (Å²) in [6.07, 6.45) is 1.14. The summed E-state index contributed by atoms with van der Waals surface area (Å²) in [5.41, 5.74) is 5.02. The summed E-state index contributed by atoms with van der Waals surface area (Å²) in [6, 6.07) is 0. The summed E-state index contributed by atoms with van der Waals surface area (Å²) in [6.45, 7) is 6.16. The van der Waals surface area contributed by atoms with Crippen LogP contribution in [0.25, 0.3) is 0 Å². The van der Waals surface area contributed by atoms with Crippen LogP contribution in [0.15, 0.2) is 5.16 Å². The van der Waals surface area contributed by atoms with E-state index in [0.29, 0.717) is 25.9 Å². The van der Waals surface area contributed by atoms with Gasteiger partial charge < -0.3 is 10.9 Å². The molecule has 0 aromatic rings. The van der Waals surface area contributed by atoms with Crippen molar-refractivity contribution >= 4 is 16.0 Å². The highest BCUT2D eigenvalue weighted by molar-refractivity contribution is 7.87. The molecular formula is C10H22N4O3S. The molecule has 1 aliphatic rings. The van der Waals surface area contributed by atoms with Gasteiger partial charge in [-0.1, -0.05) is 5.16 Å². The zero-order chi connectivity index (χ0) is 14.0. The van der Waals surface area contributed by atoms with Crippen LogP contribution >= 0.6 is 0 Å². The molecule has 1 rings (SSSR count). The van der Waals surface area contributed by atoms with E-state index in [1.165, 1.54) is 4.31 Å². The van der Waals surface area contributed by atoms with Crippen molar-refractivity contribution < 1.29 is 13.6 Å². The van der Waals surface area contributed by atoms with Gasteiger partial charge in [0.1, 0.15) is 5.84 Å². The minimum atomic E-state index is -3.46. The smallest absolute Gasteiger partial charge is 0.279 e. The average Bonchev–Trinajstić information content (AvgIpc) is 2.25. The Hall–Kier alpha value is -0.860. The highest BCUT2D eigenvalue weighted by Crippen LogP contribution is 2.20. The molecule has 0 amide bonds. The topological polar surface area (TPSA) is 108 Å². The molecule has 106 valence electrons. The first-order valence-electron chi connectivity index (χ1n) is 5.92. The average molecular weight is 278 g/mol. The molecule has 18 heavy (non-hydrogen) atoms. The van der Waals surface area contributed by atoms with E-state index >= 15 is 0 Å². The van der Waals surface area contributed by atoms with Gasteiger partial charge in [0.05, 0.1) is 0 Å². The molecule has 7 nitrogen and oxygen atoms in total. The van der Waals surface area contributed by atoms with Gasteiger partial charge in [0.15, 0.2) is 0 Å². The monoisotopic (exact) mass is 278 g/mol. The zero-order valence-electron chi connectivity index (χ0n) is 11.0. The quantitative estimate of drug-likeness (QED) is 0.294. The molecule has 8 heteroatoms. The Morgan fingerprint density at radius 3 is 2.28 bits per heavy atom. The zero-order valence-corrected chi connectivity index (χ0v) is 11.9. The lowest BCUT2D eigenvalue weighted by Crippen LogP contribution is -2.51. The molecule has 0 saturated carbocycles. The Balaban J connectivity index is 2.63. The molecule has 4 N–H and O–H groups in total. The highest BCUT2D eigenvalue weighted by Gasteiger charge is 2.31. The van der Waals surface area contributed by atoms with Crippen LogP contribution in [0.1, 0.15) is 33.6 Å². The predicted molar refractivity (Wildman–Crippen MR) is 69.5 cm³/mol. The van der Waals surface area contributed by atoms with Gasteiger partial charge in [0.2, 0.25) is 0 Å². The van der Waals surface area contributed by atoms with Gasteiger partial charge in [-0.05, 0) is 33.6 Å². The second kappa shape index (κ2) is 5.41. The largest absolute Gasteiger partial charge is 0.409 e. The minimum absolute atomic E-state index is 0.0453. The number of nitrogens with one attached hydrogen (secondary N) is 1. The number of amidine groups is 1. The second-order valence-corrected chi connectivity index (χ2v) is 7.23. The maximum absolute atomic E-state index is 12.1. The van der Waals surface area contributed by atoms with Crippen LogP contribution in [0.4, 0.5) is 0 Å². The van der Waals surface area contributed by atoms with E-state index in [2.05, 4.69) is 9.88 Å². The van der Waals surface area contributed by atoms with Crippen molar-refractivity contribution in [2.45, 2.75) is 39.2 Å². The van der Waals surface area contributed by atoms with E-state index in [0.717, 1.165) is 0 Å². The SMILES string of the molecule is CC(C)(C)NS(=O)(=O)N1CCC(C(N)=NO)CC1. The molecule has 0 spiro atoms. The molecule has 1 fully saturated rings. The number of piperidine rings is 1. The van der Waals surface area contributed by atoms with Crippen LogP contribution in [0.3, 0.4) is 0 Å². The third-order valence-corrected chi connectivity index (χ3v) is 4.68. The summed E-state index contributed by atoms with van der Waals surface area (Å²) in [5.74, 6) is 0.131. The van der Waals surface area contributed by atoms with Crippen molar-refractivity contribution in [2.75, 3.05) is 13.1 Å². The third-order valence-electron chi connectivity index (χ3n) is 2.76. The van der Waals surface area contributed by atoms with E-state index in [-0.39, 0.29) is 11.8 Å². The van der Waals surface area contributed by atoms with Crippen LogP contribution in [0, 0.1) is 5.92 Å². The molecular weight excluding hydrogens is 256 g/mol. The maximum atomic E-state index is 12.1. The number of hydrogen-bond donors (Lipinski definition) is 3. The Morgan fingerprint density at radius 2 is 1.89 bits per heavy atom.